The summed E-state index contributed by atoms with van der Waals surface area (Å²) < 4.78 is 25.7. The lowest BCUT2D eigenvalue weighted by Gasteiger charge is -2.65. The highest BCUT2D eigenvalue weighted by atomic mass is 16.7. The molecule has 0 amide bonds. The van der Waals surface area contributed by atoms with E-state index < -0.39 is 53.9 Å². The van der Waals surface area contributed by atoms with Crippen molar-refractivity contribution in [3.63, 3.8) is 0 Å². The molecule has 46 heavy (non-hydrogen) atoms. The van der Waals surface area contributed by atoms with Crippen LogP contribution in [0.1, 0.15) is 93.4 Å². The number of aliphatic hydroxyl groups is 5. The van der Waals surface area contributed by atoms with Gasteiger partial charge in [-0.3, -0.25) is 0 Å². The molecule has 2 heterocycles. The Morgan fingerprint density at radius 2 is 1.70 bits per heavy atom. The molecule has 2 saturated heterocycles. The number of ether oxygens (including phenoxy) is 4. The molecule has 6 aliphatic rings. The second kappa shape index (κ2) is 11.6. The van der Waals surface area contributed by atoms with E-state index in [1.165, 1.54) is 6.42 Å². The van der Waals surface area contributed by atoms with E-state index in [1.54, 1.807) is 7.11 Å². The number of methoxy groups -OCH3 is 1. The zero-order valence-electron chi connectivity index (χ0n) is 29.2. The van der Waals surface area contributed by atoms with Crippen molar-refractivity contribution in [1.82, 2.24) is 0 Å². The van der Waals surface area contributed by atoms with Crippen LogP contribution in [0.25, 0.3) is 0 Å². The van der Waals surface area contributed by atoms with Crippen molar-refractivity contribution in [2.45, 2.75) is 148 Å². The Hall–Kier alpha value is -0.880. The zero-order valence-corrected chi connectivity index (χ0v) is 29.2. The van der Waals surface area contributed by atoms with Gasteiger partial charge in [-0.2, -0.15) is 0 Å². The molecule has 0 aromatic heterocycles. The van der Waals surface area contributed by atoms with Crippen molar-refractivity contribution in [2.75, 3.05) is 13.7 Å². The standard InChI is InChI=1S/C37H60O9/c1-21(10-9-15-32(2,3)42)22-13-16-35(7)24-14-17-37-25(36(24,31(43-8)46-37)19-18-34(22,35)6)11-12-26(33(37,4)5)45-30-29(41)28(40)27(39)23(20-38)44-30/h9,14-15,17,21-31,38-42H,10-13,16,18-20H2,1-8H3/b15-9+/t21-,22-,23-,24+,25+,26+,27-,28+,29-,30+,31-,34-,35+,36+,37+/m1/s1. The lowest BCUT2D eigenvalue weighted by molar-refractivity contribution is -0.331. The van der Waals surface area contributed by atoms with E-state index in [2.05, 4.69) is 52.8 Å². The van der Waals surface area contributed by atoms with E-state index >= 15 is 0 Å². The quantitative estimate of drug-likeness (QED) is 0.247. The average Bonchev–Trinajstić information content (AvgIpc) is 3.36. The van der Waals surface area contributed by atoms with Crippen LogP contribution in [0.3, 0.4) is 0 Å². The predicted molar refractivity (Wildman–Crippen MR) is 172 cm³/mol. The summed E-state index contributed by atoms with van der Waals surface area (Å²) in [6.45, 7) is 14.9. The van der Waals surface area contributed by atoms with Crippen LogP contribution in [-0.2, 0) is 18.9 Å². The molecule has 5 fully saturated rings. The van der Waals surface area contributed by atoms with Crippen LogP contribution in [0.15, 0.2) is 24.3 Å². The molecule has 0 unspecified atom stereocenters. The third kappa shape index (κ3) is 4.73. The first kappa shape index (κ1) is 35.0. The van der Waals surface area contributed by atoms with E-state index in [1.807, 2.05) is 19.9 Å². The molecule has 262 valence electrons. The van der Waals surface area contributed by atoms with Crippen LogP contribution in [0.2, 0.25) is 0 Å². The third-order valence-electron chi connectivity index (χ3n) is 14.5. The Labute approximate surface area is 275 Å². The summed E-state index contributed by atoms with van der Waals surface area (Å²) in [5.41, 5.74) is -1.94. The fourth-order valence-electron chi connectivity index (χ4n) is 11.8. The Morgan fingerprint density at radius 3 is 2.35 bits per heavy atom. The number of aliphatic hydroxyl groups excluding tert-OH is 4. The van der Waals surface area contributed by atoms with Gasteiger partial charge in [0.05, 0.1) is 18.3 Å². The Balaban J connectivity index is 1.30. The van der Waals surface area contributed by atoms with Crippen LogP contribution in [-0.4, -0.2) is 93.6 Å². The SMILES string of the molecule is CO[C@@H]1O[C@@]23C=C[C@@H]4[C@@]1(CC[C@]1(C)[C@@H]([C@H](C)C/C=C/C(C)(C)O)CC[C@@]41C)[C@@H]2CC[C@H](O[C@@H]1O[C@H](CO)[C@@H](O)[C@H](O)[C@H]1O)C3(C)C. The number of fused-ring (bicyclic) bond motifs is 2. The normalized spacial score (nSPS) is 51.9. The lowest BCUT2D eigenvalue weighted by atomic mass is 9.38. The van der Waals surface area contributed by atoms with Crippen LogP contribution >= 0.6 is 0 Å². The number of hydrogen-bond acceptors (Lipinski definition) is 9. The molecule has 9 nitrogen and oxygen atoms in total. The summed E-state index contributed by atoms with van der Waals surface area (Å²) in [5.74, 6) is 1.62. The van der Waals surface area contributed by atoms with Crippen LogP contribution in [0.4, 0.5) is 0 Å². The minimum atomic E-state index is -1.49. The molecular weight excluding hydrogens is 588 g/mol. The molecule has 9 heteroatoms. The van der Waals surface area contributed by atoms with Gasteiger partial charge in [-0.05, 0) is 87.4 Å². The zero-order chi connectivity index (χ0) is 33.7. The largest absolute Gasteiger partial charge is 0.394 e. The minimum Gasteiger partial charge on any atom is -0.394 e. The minimum absolute atomic E-state index is 0.0745. The summed E-state index contributed by atoms with van der Waals surface area (Å²) >= 11 is 0. The van der Waals surface area contributed by atoms with Gasteiger partial charge in [-0.1, -0.05) is 58.9 Å². The van der Waals surface area contributed by atoms with Crippen molar-refractivity contribution in [3.05, 3.63) is 24.3 Å². The Morgan fingerprint density at radius 1 is 0.978 bits per heavy atom. The summed E-state index contributed by atoms with van der Waals surface area (Å²) in [6, 6.07) is 0. The monoisotopic (exact) mass is 648 g/mol. The second-order valence-corrected chi connectivity index (χ2v) is 17.4. The lowest BCUT2D eigenvalue weighted by Crippen LogP contribution is -2.66. The van der Waals surface area contributed by atoms with E-state index in [0.29, 0.717) is 17.8 Å². The van der Waals surface area contributed by atoms with Gasteiger partial charge in [0.15, 0.2) is 12.6 Å². The molecule has 2 bridgehead atoms. The van der Waals surface area contributed by atoms with Crippen LogP contribution in [0, 0.1) is 45.3 Å². The summed E-state index contributed by atoms with van der Waals surface area (Å²) in [6.07, 6.45) is 8.60. The van der Waals surface area contributed by atoms with Gasteiger partial charge >= 0.3 is 0 Å². The smallest absolute Gasteiger partial charge is 0.186 e. The van der Waals surface area contributed by atoms with E-state index in [0.717, 1.165) is 38.5 Å². The topological polar surface area (TPSA) is 138 Å². The average molecular weight is 649 g/mol. The van der Waals surface area contributed by atoms with E-state index in [4.69, 9.17) is 18.9 Å². The highest BCUT2D eigenvalue weighted by Gasteiger charge is 2.78. The number of hydrogen-bond donors (Lipinski definition) is 5. The summed E-state index contributed by atoms with van der Waals surface area (Å²) in [7, 11) is 1.78. The van der Waals surface area contributed by atoms with Crippen molar-refractivity contribution in [1.29, 1.82) is 0 Å². The molecule has 0 radical (unpaired) electrons. The first-order valence-electron chi connectivity index (χ1n) is 17.7. The van der Waals surface area contributed by atoms with Gasteiger partial charge in [-0.25, -0.2) is 0 Å². The number of rotatable bonds is 8. The molecule has 0 aromatic rings. The van der Waals surface area contributed by atoms with Gasteiger partial charge < -0.3 is 44.5 Å². The van der Waals surface area contributed by atoms with Crippen LogP contribution < -0.4 is 0 Å². The maximum atomic E-state index is 10.8. The molecule has 15 atom stereocenters. The third-order valence-corrected chi connectivity index (χ3v) is 14.5. The van der Waals surface area contributed by atoms with Crippen molar-refractivity contribution in [3.8, 4) is 0 Å². The summed E-state index contributed by atoms with van der Waals surface area (Å²) in [4.78, 5) is 0. The maximum absolute atomic E-state index is 10.8. The van der Waals surface area contributed by atoms with Gasteiger partial charge in [0.1, 0.15) is 30.0 Å². The molecule has 4 aliphatic carbocycles. The van der Waals surface area contributed by atoms with Gasteiger partial charge in [0.25, 0.3) is 0 Å². The van der Waals surface area contributed by atoms with Crippen molar-refractivity contribution >= 4 is 0 Å². The maximum Gasteiger partial charge on any atom is 0.186 e. The molecule has 2 aliphatic heterocycles. The highest BCUT2D eigenvalue weighted by Crippen LogP contribution is 2.79. The van der Waals surface area contributed by atoms with Gasteiger partial charge in [-0.15, -0.1) is 0 Å². The van der Waals surface area contributed by atoms with Crippen molar-refractivity contribution < 1.29 is 44.5 Å². The second-order valence-electron chi connectivity index (χ2n) is 17.4. The molecular formula is C37H60O9. The summed E-state index contributed by atoms with van der Waals surface area (Å²) in [5, 5.41) is 51.5. The molecule has 5 N–H and O–H groups in total. The van der Waals surface area contributed by atoms with Gasteiger partial charge in [0.2, 0.25) is 0 Å². The molecule has 1 spiro atoms. The fourth-order valence-corrected chi connectivity index (χ4v) is 11.8. The molecule has 6 rings (SSSR count). The Kier molecular flexibility index (Phi) is 8.81. The van der Waals surface area contributed by atoms with Gasteiger partial charge in [0, 0.05) is 23.9 Å². The first-order chi connectivity index (χ1) is 21.4. The first-order valence-corrected chi connectivity index (χ1v) is 17.7. The van der Waals surface area contributed by atoms with Crippen LogP contribution in [0.5, 0.6) is 0 Å². The van der Waals surface area contributed by atoms with E-state index in [9.17, 15) is 25.5 Å². The van der Waals surface area contributed by atoms with E-state index in [-0.39, 0.29) is 34.6 Å². The predicted octanol–water partition coefficient (Wildman–Crippen LogP) is 4.09. The number of allylic oxidation sites excluding steroid dienone is 2. The Bertz CT molecular complexity index is 1190. The fraction of sp³-hybridized carbons (Fsp3) is 0.892. The molecule has 0 aromatic carbocycles. The highest BCUT2D eigenvalue weighted by molar-refractivity contribution is 5.34. The molecule has 3 saturated carbocycles. The van der Waals surface area contributed by atoms with Crippen molar-refractivity contribution in [2.24, 2.45) is 45.3 Å².